The number of aryl methyl sites for hydroxylation is 1. The molecule has 0 aliphatic rings. The Balaban J connectivity index is 2.79. The maximum absolute atomic E-state index is 11.5. The predicted molar refractivity (Wildman–Crippen MR) is 69.2 cm³/mol. The number of esters is 1. The van der Waals surface area contributed by atoms with E-state index in [1.54, 1.807) is 13.8 Å². The fourth-order valence-electron chi connectivity index (χ4n) is 1.58. The molecule has 0 saturated carbocycles. The molecule has 1 aromatic heterocycles. The van der Waals surface area contributed by atoms with Gasteiger partial charge in [-0.25, -0.2) is 4.79 Å². The van der Waals surface area contributed by atoms with Crippen LogP contribution < -0.4 is 11.2 Å². The summed E-state index contributed by atoms with van der Waals surface area (Å²) in [5, 5.41) is 9.21. The minimum atomic E-state index is -0.804. The summed E-state index contributed by atoms with van der Waals surface area (Å²) in [4.78, 5) is 36.2. The number of aromatic amines is 1. The molecule has 1 heterocycles. The van der Waals surface area contributed by atoms with Crippen molar-refractivity contribution in [2.45, 2.75) is 26.7 Å². The van der Waals surface area contributed by atoms with Crippen LogP contribution in [0.4, 0.5) is 0 Å². The first-order valence-electron chi connectivity index (χ1n) is 6.01. The fourth-order valence-corrected chi connectivity index (χ4v) is 1.58. The highest BCUT2D eigenvalue weighted by Crippen LogP contribution is 2.09. The molecule has 0 amide bonds. The number of ether oxygens (including phenoxy) is 2. The summed E-state index contributed by atoms with van der Waals surface area (Å²) in [6.07, 6.45) is 0.542. The van der Waals surface area contributed by atoms with Crippen LogP contribution in [-0.4, -0.2) is 40.4 Å². The number of nitrogens with one attached hydrogen (secondary N) is 1. The number of aliphatic hydroxyl groups is 1. The van der Waals surface area contributed by atoms with Crippen molar-refractivity contribution in [3.63, 3.8) is 0 Å². The van der Waals surface area contributed by atoms with Gasteiger partial charge in [-0.15, -0.1) is 0 Å². The molecule has 0 fully saturated rings. The summed E-state index contributed by atoms with van der Waals surface area (Å²) in [5.41, 5.74) is -0.731. The van der Waals surface area contributed by atoms with Crippen molar-refractivity contribution in [3.05, 3.63) is 32.6 Å². The van der Waals surface area contributed by atoms with Crippen molar-refractivity contribution < 1.29 is 19.4 Å². The van der Waals surface area contributed by atoms with E-state index in [9.17, 15) is 19.5 Å². The molecule has 2 N–H and O–H groups in total. The molecular formula is C12H18N2O6. The van der Waals surface area contributed by atoms with E-state index in [1.165, 1.54) is 13.3 Å². The van der Waals surface area contributed by atoms with Crippen LogP contribution in [0.15, 0.2) is 15.8 Å². The van der Waals surface area contributed by atoms with Crippen molar-refractivity contribution in [1.29, 1.82) is 0 Å². The van der Waals surface area contributed by atoms with E-state index in [4.69, 9.17) is 4.74 Å². The first-order valence-corrected chi connectivity index (χ1v) is 6.01. The molecule has 0 aliphatic carbocycles. The van der Waals surface area contributed by atoms with Crippen molar-refractivity contribution in [2.24, 2.45) is 5.92 Å². The van der Waals surface area contributed by atoms with Gasteiger partial charge in [-0.1, -0.05) is 0 Å². The number of nitrogens with zero attached hydrogens (tertiary/aromatic N) is 1. The Bertz CT molecular complexity index is 576. The number of hydrogen-bond donors (Lipinski definition) is 2. The minimum Gasteiger partial charge on any atom is -0.469 e. The van der Waals surface area contributed by atoms with Crippen LogP contribution in [0, 0.1) is 12.8 Å². The number of carbonyl (C=O) groups excluding carboxylic acids is 1. The smallest absolute Gasteiger partial charge is 0.330 e. The zero-order chi connectivity index (χ0) is 15.3. The number of aromatic nitrogens is 2. The van der Waals surface area contributed by atoms with Crippen LogP contribution in [0.3, 0.4) is 0 Å². The van der Waals surface area contributed by atoms with Crippen molar-refractivity contribution in [3.8, 4) is 0 Å². The van der Waals surface area contributed by atoms with Crippen LogP contribution >= 0.6 is 0 Å². The van der Waals surface area contributed by atoms with E-state index in [2.05, 4.69) is 9.72 Å². The fraction of sp³-hybridized carbons (Fsp3) is 0.583. The lowest BCUT2D eigenvalue weighted by molar-refractivity contribution is -0.153. The zero-order valence-corrected chi connectivity index (χ0v) is 11.6. The van der Waals surface area contributed by atoms with Gasteiger partial charge in [0.25, 0.3) is 5.56 Å². The minimum absolute atomic E-state index is 0.191. The molecule has 2 unspecified atom stereocenters. The SMILES string of the molecule is COC(=O)C(C)C(CO)OCn1cc(C)c(=O)[nH]c1=O. The number of methoxy groups -OCH3 is 1. The summed E-state index contributed by atoms with van der Waals surface area (Å²) in [5.74, 6) is -1.20. The summed E-state index contributed by atoms with van der Waals surface area (Å²) in [7, 11) is 1.24. The summed E-state index contributed by atoms with van der Waals surface area (Å²) in [6.45, 7) is 2.51. The Hall–Kier alpha value is -1.93. The molecule has 0 spiro atoms. The van der Waals surface area contributed by atoms with E-state index in [1.807, 2.05) is 0 Å². The predicted octanol–water partition coefficient (Wildman–Crippen LogP) is -1.01. The lowest BCUT2D eigenvalue weighted by Gasteiger charge is -2.20. The second-order valence-electron chi connectivity index (χ2n) is 4.37. The second-order valence-corrected chi connectivity index (χ2v) is 4.37. The number of hydrogen-bond acceptors (Lipinski definition) is 6. The van der Waals surface area contributed by atoms with E-state index < -0.39 is 35.8 Å². The van der Waals surface area contributed by atoms with Gasteiger partial charge in [0.2, 0.25) is 0 Å². The number of carbonyl (C=O) groups is 1. The van der Waals surface area contributed by atoms with Gasteiger partial charge in [0.1, 0.15) is 6.73 Å². The van der Waals surface area contributed by atoms with E-state index in [0.717, 1.165) is 4.57 Å². The lowest BCUT2D eigenvalue weighted by atomic mass is 10.1. The average Bonchev–Trinajstić information content (AvgIpc) is 2.43. The van der Waals surface area contributed by atoms with Crippen LogP contribution in [0.25, 0.3) is 0 Å². The lowest BCUT2D eigenvalue weighted by Crippen LogP contribution is -2.36. The average molecular weight is 286 g/mol. The summed E-state index contributed by atoms with van der Waals surface area (Å²) < 4.78 is 11.0. The Morgan fingerprint density at radius 1 is 1.50 bits per heavy atom. The maximum atomic E-state index is 11.5. The molecule has 20 heavy (non-hydrogen) atoms. The Morgan fingerprint density at radius 2 is 2.15 bits per heavy atom. The third-order valence-electron chi connectivity index (χ3n) is 2.93. The second kappa shape index (κ2) is 7.01. The van der Waals surface area contributed by atoms with Gasteiger partial charge in [-0.2, -0.15) is 0 Å². The highest BCUT2D eigenvalue weighted by Gasteiger charge is 2.25. The van der Waals surface area contributed by atoms with Crippen LogP contribution in [-0.2, 0) is 21.0 Å². The molecule has 0 aromatic carbocycles. The largest absolute Gasteiger partial charge is 0.469 e. The molecule has 1 aromatic rings. The van der Waals surface area contributed by atoms with Gasteiger partial charge in [-0.05, 0) is 13.8 Å². The van der Waals surface area contributed by atoms with Crippen molar-refractivity contribution in [2.75, 3.05) is 13.7 Å². The highest BCUT2D eigenvalue weighted by molar-refractivity contribution is 5.72. The normalized spacial score (nSPS) is 13.8. The third kappa shape index (κ3) is 3.78. The van der Waals surface area contributed by atoms with Gasteiger partial charge in [0, 0.05) is 11.8 Å². The van der Waals surface area contributed by atoms with Crippen molar-refractivity contribution in [1.82, 2.24) is 9.55 Å². The van der Waals surface area contributed by atoms with E-state index in [0.29, 0.717) is 5.56 Å². The molecular weight excluding hydrogens is 268 g/mol. The molecule has 112 valence electrons. The van der Waals surface area contributed by atoms with Gasteiger partial charge in [0.05, 0.1) is 25.7 Å². The van der Waals surface area contributed by atoms with E-state index in [-0.39, 0.29) is 6.73 Å². The first-order chi connectivity index (χ1) is 9.40. The number of rotatable bonds is 6. The summed E-state index contributed by atoms with van der Waals surface area (Å²) >= 11 is 0. The number of aliphatic hydroxyl groups excluding tert-OH is 1. The first kappa shape index (κ1) is 16.1. The Labute approximate surface area is 115 Å². The van der Waals surface area contributed by atoms with E-state index >= 15 is 0 Å². The molecule has 8 heteroatoms. The Kier molecular flexibility index (Phi) is 5.66. The molecule has 8 nitrogen and oxygen atoms in total. The Morgan fingerprint density at radius 3 is 2.70 bits per heavy atom. The van der Waals surface area contributed by atoms with Gasteiger partial charge in [0.15, 0.2) is 0 Å². The van der Waals surface area contributed by atoms with Crippen LogP contribution in [0.1, 0.15) is 12.5 Å². The van der Waals surface area contributed by atoms with Gasteiger partial charge < -0.3 is 14.6 Å². The molecule has 0 aliphatic heterocycles. The highest BCUT2D eigenvalue weighted by atomic mass is 16.5. The quantitative estimate of drug-likeness (QED) is 0.648. The molecule has 0 bridgehead atoms. The molecule has 0 radical (unpaired) electrons. The van der Waals surface area contributed by atoms with Crippen LogP contribution in [0.2, 0.25) is 0 Å². The van der Waals surface area contributed by atoms with Gasteiger partial charge >= 0.3 is 11.7 Å². The third-order valence-corrected chi connectivity index (χ3v) is 2.93. The van der Waals surface area contributed by atoms with Crippen molar-refractivity contribution >= 4 is 5.97 Å². The zero-order valence-electron chi connectivity index (χ0n) is 11.6. The van der Waals surface area contributed by atoms with Gasteiger partial charge in [-0.3, -0.25) is 19.1 Å². The molecule has 2 atom stereocenters. The standard InChI is InChI=1S/C12H18N2O6/c1-7-4-14(12(18)13-10(7)16)6-20-9(5-15)8(2)11(17)19-3/h4,8-9,15H,5-6H2,1-3H3,(H,13,16,18). The number of H-pyrrole nitrogens is 1. The van der Waals surface area contributed by atoms with Crippen LogP contribution in [0.5, 0.6) is 0 Å². The monoisotopic (exact) mass is 286 g/mol. The maximum Gasteiger partial charge on any atom is 0.330 e. The molecule has 1 rings (SSSR count). The summed E-state index contributed by atoms with van der Waals surface area (Å²) in [6, 6.07) is 0. The topological polar surface area (TPSA) is 111 Å². The molecule has 0 saturated heterocycles.